The molecular weight excluding hydrogens is 439 g/mol. The predicted molar refractivity (Wildman–Crippen MR) is 124 cm³/mol. The number of rotatable bonds is 6. The summed E-state index contributed by atoms with van der Waals surface area (Å²) < 4.78 is 20.3. The molecule has 9 nitrogen and oxygen atoms in total. The monoisotopic (exact) mass is 470 g/mol. The van der Waals surface area contributed by atoms with Crippen molar-refractivity contribution in [2.45, 2.75) is 63.5 Å². The molecule has 0 atom stereocenters. The third kappa shape index (κ3) is 4.45. The van der Waals surface area contributed by atoms with Crippen molar-refractivity contribution >= 4 is 23.5 Å². The molecule has 1 saturated carbocycles. The molecule has 34 heavy (non-hydrogen) atoms. The van der Waals surface area contributed by atoms with Crippen LogP contribution in [0, 0.1) is 0 Å². The fraction of sp³-hybridized carbons (Fsp3) is 0.583. The maximum atomic E-state index is 12.9. The van der Waals surface area contributed by atoms with Gasteiger partial charge in [-0.1, -0.05) is 20.4 Å². The van der Waals surface area contributed by atoms with Crippen LogP contribution in [0.3, 0.4) is 0 Å². The maximum absolute atomic E-state index is 12.9. The summed E-state index contributed by atoms with van der Waals surface area (Å²) >= 11 is 0. The molecule has 5 rings (SSSR count). The van der Waals surface area contributed by atoms with E-state index in [2.05, 4.69) is 36.9 Å². The van der Waals surface area contributed by atoms with Crippen molar-refractivity contribution < 1.29 is 18.7 Å². The first-order valence-electron chi connectivity index (χ1n) is 12.0. The molecule has 4 heterocycles. The van der Waals surface area contributed by atoms with Gasteiger partial charge in [0.15, 0.2) is 11.5 Å². The van der Waals surface area contributed by atoms with E-state index in [9.17, 15) is 14.0 Å². The minimum Gasteiger partial charge on any atom is -0.442 e. The molecule has 2 amide bonds. The van der Waals surface area contributed by atoms with E-state index in [1.165, 1.54) is 17.7 Å². The smallest absolute Gasteiger partial charge is 0.410 e. The Morgan fingerprint density at radius 1 is 1.18 bits per heavy atom. The molecule has 0 spiro atoms. The lowest BCUT2D eigenvalue weighted by atomic mass is 10.1. The van der Waals surface area contributed by atoms with Crippen LogP contribution in [0.2, 0.25) is 0 Å². The van der Waals surface area contributed by atoms with Gasteiger partial charge >= 0.3 is 6.09 Å². The Labute approximate surface area is 197 Å². The summed E-state index contributed by atoms with van der Waals surface area (Å²) in [5, 5.41) is 8.24. The van der Waals surface area contributed by atoms with Gasteiger partial charge in [0.1, 0.15) is 11.9 Å². The van der Waals surface area contributed by atoms with Crippen LogP contribution in [0.1, 0.15) is 62.6 Å². The molecule has 1 aliphatic carbocycles. The van der Waals surface area contributed by atoms with Gasteiger partial charge in [0.2, 0.25) is 0 Å². The van der Waals surface area contributed by atoms with Gasteiger partial charge < -0.3 is 19.9 Å². The molecule has 2 aromatic heterocycles. The second-order valence-corrected chi connectivity index (χ2v) is 9.86. The molecule has 0 radical (unpaired) electrons. The lowest BCUT2D eigenvalue weighted by molar-refractivity contribution is -0.139. The second kappa shape index (κ2) is 8.88. The Hall–Kier alpha value is -3.17. The van der Waals surface area contributed by atoms with E-state index in [-0.39, 0.29) is 25.2 Å². The van der Waals surface area contributed by atoms with Crippen LogP contribution in [0.25, 0.3) is 5.65 Å². The minimum atomic E-state index is -0.995. The molecule has 3 aliphatic rings. The summed E-state index contributed by atoms with van der Waals surface area (Å²) in [7, 11) is 0. The van der Waals surface area contributed by atoms with Crippen LogP contribution in [-0.4, -0.2) is 74.7 Å². The number of hydrogen-bond donors (Lipinski definition) is 1. The number of amides is 2. The van der Waals surface area contributed by atoms with E-state index in [1.807, 2.05) is 10.7 Å². The minimum absolute atomic E-state index is 0.204. The first-order chi connectivity index (χ1) is 16.3. The molecule has 2 aliphatic heterocycles. The number of carbonyl (C=O) groups excluding carboxylic acids is 2. The quantitative estimate of drug-likeness (QED) is 0.651. The van der Waals surface area contributed by atoms with Crippen molar-refractivity contribution in [3.63, 3.8) is 0 Å². The highest BCUT2D eigenvalue weighted by Crippen LogP contribution is 2.40. The molecule has 0 aromatic carbocycles. The number of nitrogens with one attached hydrogen (secondary N) is 1. The lowest BCUT2D eigenvalue weighted by Gasteiger charge is -2.39. The van der Waals surface area contributed by atoms with Gasteiger partial charge in [-0.05, 0) is 31.6 Å². The summed E-state index contributed by atoms with van der Waals surface area (Å²) in [4.78, 5) is 31.9. The van der Waals surface area contributed by atoms with Crippen LogP contribution in [0.5, 0.6) is 0 Å². The third-order valence-corrected chi connectivity index (χ3v) is 6.88. The zero-order chi connectivity index (χ0) is 24.0. The Bertz CT molecular complexity index is 1110. The van der Waals surface area contributed by atoms with E-state index in [0.717, 1.165) is 35.6 Å². The largest absolute Gasteiger partial charge is 0.442 e. The molecule has 1 N–H and O–H groups in total. The molecule has 2 saturated heterocycles. The molecule has 0 bridgehead atoms. The topological polar surface area (TPSA) is 92.1 Å². The standard InChI is InChI=1S/C24H31FN6O3/c1-14(2)19-11-26-31-21(10-20(16-4-5-16)28-22(19)31)27-17-6-8-29(9-7-17)24(33)34-18-12-30(13-18)23(32)15(3)25/h10-11,14,16-18,27H,3-9,12-13H2,1-2H3. The zero-order valence-corrected chi connectivity index (χ0v) is 19.7. The van der Waals surface area contributed by atoms with Crippen LogP contribution >= 0.6 is 0 Å². The SMILES string of the molecule is C=C(F)C(=O)N1CC(OC(=O)N2CCC(Nc3cc(C4CC4)nc4c(C(C)C)cnn34)CC2)C1. The number of hydrogen-bond acceptors (Lipinski definition) is 6. The van der Waals surface area contributed by atoms with E-state index in [1.54, 1.807) is 4.90 Å². The number of anilines is 1. The van der Waals surface area contributed by atoms with Crippen molar-refractivity contribution in [1.82, 2.24) is 24.4 Å². The Morgan fingerprint density at radius 2 is 1.88 bits per heavy atom. The first kappa shape index (κ1) is 22.6. The number of nitrogens with zero attached hydrogens (tertiary/aromatic N) is 5. The van der Waals surface area contributed by atoms with Gasteiger partial charge in [0.05, 0.1) is 19.3 Å². The fourth-order valence-electron chi connectivity index (χ4n) is 4.58. The van der Waals surface area contributed by atoms with E-state index >= 15 is 0 Å². The first-order valence-corrected chi connectivity index (χ1v) is 12.0. The summed E-state index contributed by atoms with van der Waals surface area (Å²) in [6.45, 7) is 8.88. The number of aromatic nitrogens is 3. The van der Waals surface area contributed by atoms with Crippen molar-refractivity contribution in [2.24, 2.45) is 0 Å². The van der Waals surface area contributed by atoms with Gasteiger partial charge in [0, 0.05) is 42.4 Å². The summed E-state index contributed by atoms with van der Waals surface area (Å²) in [6, 6.07) is 2.33. The highest BCUT2D eigenvalue weighted by Gasteiger charge is 2.36. The Balaban J connectivity index is 1.17. The molecule has 182 valence electrons. The van der Waals surface area contributed by atoms with E-state index in [4.69, 9.17) is 9.72 Å². The Kier molecular flexibility index (Phi) is 5.91. The normalized spacial score (nSPS) is 19.4. The summed E-state index contributed by atoms with van der Waals surface area (Å²) in [5.41, 5.74) is 3.20. The highest BCUT2D eigenvalue weighted by molar-refractivity contribution is 5.91. The summed E-state index contributed by atoms with van der Waals surface area (Å²) in [5.74, 6) is 0.0991. The van der Waals surface area contributed by atoms with Gasteiger partial charge in [-0.25, -0.2) is 14.2 Å². The van der Waals surface area contributed by atoms with Gasteiger partial charge in [-0.3, -0.25) is 4.79 Å². The van der Waals surface area contributed by atoms with Crippen LogP contribution in [0.15, 0.2) is 24.7 Å². The van der Waals surface area contributed by atoms with Crippen LogP contribution in [0.4, 0.5) is 15.0 Å². The third-order valence-electron chi connectivity index (χ3n) is 6.88. The molecule has 0 unspecified atom stereocenters. The number of ether oxygens (including phenoxy) is 1. The van der Waals surface area contributed by atoms with Gasteiger partial charge in [0.25, 0.3) is 5.91 Å². The van der Waals surface area contributed by atoms with Crippen molar-refractivity contribution in [3.05, 3.63) is 35.9 Å². The number of likely N-dealkylation sites (tertiary alicyclic amines) is 2. The Morgan fingerprint density at radius 3 is 2.50 bits per heavy atom. The van der Waals surface area contributed by atoms with Crippen molar-refractivity contribution in [1.29, 1.82) is 0 Å². The molecular formula is C24H31FN6O3. The van der Waals surface area contributed by atoms with Crippen molar-refractivity contribution in [3.8, 4) is 0 Å². The molecule has 10 heteroatoms. The number of piperidine rings is 1. The summed E-state index contributed by atoms with van der Waals surface area (Å²) in [6.07, 6.45) is 5.07. The number of halogens is 1. The van der Waals surface area contributed by atoms with Gasteiger partial charge in [-0.2, -0.15) is 9.61 Å². The molecule has 3 fully saturated rings. The van der Waals surface area contributed by atoms with Crippen molar-refractivity contribution in [2.75, 3.05) is 31.5 Å². The molecule has 2 aromatic rings. The zero-order valence-electron chi connectivity index (χ0n) is 19.7. The van der Waals surface area contributed by atoms with Gasteiger partial charge in [-0.15, -0.1) is 0 Å². The number of fused-ring (bicyclic) bond motifs is 1. The maximum Gasteiger partial charge on any atom is 0.410 e. The second-order valence-electron chi connectivity index (χ2n) is 9.86. The van der Waals surface area contributed by atoms with Crippen LogP contribution in [-0.2, 0) is 9.53 Å². The van der Waals surface area contributed by atoms with Crippen LogP contribution < -0.4 is 5.32 Å². The fourth-order valence-corrected chi connectivity index (χ4v) is 4.58. The average molecular weight is 471 g/mol. The predicted octanol–water partition coefficient (Wildman–Crippen LogP) is 3.44. The van der Waals surface area contributed by atoms with E-state index < -0.39 is 17.8 Å². The average Bonchev–Trinajstić information content (AvgIpc) is 3.54. The highest BCUT2D eigenvalue weighted by atomic mass is 19.1. The lowest BCUT2D eigenvalue weighted by Crippen LogP contribution is -2.56. The van der Waals surface area contributed by atoms with E-state index in [0.29, 0.717) is 24.9 Å². The number of carbonyl (C=O) groups is 2.